The minimum atomic E-state index is -0.0683. The number of carbonyl (C=O) groups excluding carboxylic acids is 1. The second kappa shape index (κ2) is 4.00. The lowest BCUT2D eigenvalue weighted by Crippen LogP contribution is -2.03. The third kappa shape index (κ3) is 2.34. The molecule has 0 unspecified atom stereocenters. The number of carbonyl (C=O) groups is 1. The Kier molecular flexibility index (Phi) is 2.70. The summed E-state index contributed by atoms with van der Waals surface area (Å²) < 4.78 is 0. The summed E-state index contributed by atoms with van der Waals surface area (Å²) in [5, 5.41) is 7.94. The molecular formula is C9H9N3OS2. The molecule has 2 aromatic heterocycles. The number of thiophene rings is 1. The summed E-state index contributed by atoms with van der Waals surface area (Å²) in [4.78, 5) is 15.0. The summed E-state index contributed by atoms with van der Waals surface area (Å²) in [7, 11) is 0. The zero-order valence-corrected chi connectivity index (χ0v) is 9.61. The van der Waals surface area contributed by atoms with Crippen molar-refractivity contribution in [3.05, 3.63) is 16.8 Å². The van der Waals surface area contributed by atoms with E-state index in [1.165, 1.54) is 29.6 Å². The lowest BCUT2D eigenvalue weighted by molar-refractivity contribution is -0.114. The van der Waals surface area contributed by atoms with Gasteiger partial charge in [-0.05, 0) is 6.07 Å². The van der Waals surface area contributed by atoms with Crippen LogP contribution in [0.25, 0.3) is 11.3 Å². The van der Waals surface area contributed by atoms with Gasteiger partial charge in [0.1, 0.15) is 0 Å². The third-order valence-electron chi connectivity index (χ3n) is 1.72. The van der Waals surface area contributed by atoms with Gasteiger partial charge in [0.25, 0.3) is 0 Å². The highest BCUT2D eigenvalue weighted by Gasteiger charge is 2.06. The first kappa shape index (κ1) is 10.1. The molecule has 3 N–H and O–H groups in total. The predicted molar refractivity (Wildman–Crippen MR) is 64.1 cm³/mol. The summed E-state index contributed by atoms with van der Waals surface area (Å²) in [5.41, 5.74) is 7.38. The molecule has 0 saturated carbocycles. The molecule has 2 heterocycles. The molecule has 0 aromatic carbocycles. The molecule has 0 bridgehead atoms. The quantitative estimate of drug-likeness (QED) is 0.845. The number of anilines is 2. The molecule has 0 spiro atoms. The number of nitrogens with zero attached hydrogens (tertiary/aromatic N) is 1. The predicted octanol–water partition coefficient (Wildman–Crippen LogP) is 2.41. The number of nitrogens with two attached hydrogens (primary N) is 1. The molecule has 0 aliphatic rings. The Morgan fingerprint density at radius 1 is 1.47 bits per heavy atom. The molecule has 0 fully saturated rings. The third-order valence-corrected chi connectivity index (χ3v) is 3.24. The summed E-state index contributed by atoms with van der Waals surface area (Å²) in [6.07, 6.45) is 0. The summed E-state index contributed by atoms with van der Waals surface area (Å²) in [5.74, 6) is -0.0683. The van der Waals surface area contributed by atoms with E-state index in [9.17, 15) is 4.79 Å². The van der Waals surface area contributed by atoms with Crippen molar-refractivity contribution in [2.45, 2.75) is 6.92 Å². The van der Waals surface area contributed by atoms with Gasteiger partial charge in [-0.25, -0.2) is 4.98 Å². The van der Waals surface area contributed by atoms with Gasteiger partial charge in [-0.2, -0.15) is 0 Å². The molecule has 2 rings (SSSR count). The molecule has 6 heteroatoms. The van der Waals surface area contributed by atoms with E-state index >= 15 is 0 Å². The van der Waals surface area contributed by atoms with Crippen molar-refractivity contribution >= 4 is 38.7 Å². The fourth-order valence-electron chi connectivity index (χ4n) is 1.13. The number of amides is 1. The first-order valence-electron chi connectivity index (χ1n) is 4.22. The van der Waals surface area contributed by atoms with Crippen molar-refractivity contribution in [1.29, 1.82) is 0 Å². The second-order valence-electron chi connectivity index (χ2n) is 2.95. The lowest BCUT2D eigenvalue weighted by Gasteiger charge is -1.93. The number of hydrogen-bond acceptors (Lipinski definition) is 5. The van der Waals surface area contributed by atoms with E-state index in [1.807, 2.05) is 16.8 Å². The molecule has 0 aliphatic carbocycles. The summed E-state index contributed by atoms with van der Waals surface area (Å²) in [6, 6.07) is 1.89. The van der Waals surface area contributed by atoms with Gasteiger partial charge in [-0.15, -0.1) is 22.7 Å². The van der Waals surface area contributed by atoms with Crippen molar-refractivity contribution in [2.75, 3.05) is 11.1 Å². The number of nitrogen functional groups attached to an aromatic ring is 1. The number of nitrogens with one attached hydrogen (secondary N) is 1. The zero-order chi connectivity index (χ0) is 10.8. The van der Waals surface area contributed by atoms with Crippen LogP contribution in [0.2, 0.25) is 0 Å². The van der Waals surface area contributed by atoms with Crippen molar-refractivity contribution < 1.29 is 4.79 Å². The van der Waals surface area contributed by atoms with Gasteiger partial charge in [-0.3, -0.25) is 4.79 Å². The molecule has 0 aliphatic heterocycles. The maximum Gasteiger partial charge on any atom is 0.221 e. The van der Waals surface area contributed by atoms with Crippen LogP contribution in [0.5, 0.6) is 0 Å². The van der Waals surface area contributed by atoms with Gasteiger partial charge in [0, 0.05) is 23.2 Å². The highest BCUT2D eigenvalue weighted by Crippen LogP contribution is 2.30. The Labute approximate surface area is 94.8 Å². The maximum atomic E-state index is 10.8. The van der Waals surface area contributed by atoms with E-state index < -0.39 is 0 Å². The molecule has 0 atom stereocenters. The van der Waals surface area contributed by atoms with Gasteiger partial charge in [0.05, 0.1) is 10.7 Å². The van der Waals surface area contributed by atoms with E-state index in [0.29, 0.717) is 5.13 Å². The topological polar surface area (TPSA) is 68.0 Å². The summed E-state index contributed by atoms with van der Waals surface area (Å²) >= 11 is 2.88. The number of aromatic nitrogens is 1. The molecule has 4 nitrogen and oxygen atoms in total. The smallest absolute Gasteiger partial charge is 0.221 e. The van der Waals surface area contributed by atoms with Gasteiger partial charge in [0.15, 0.2) is 5.13 Å². The van der Waals surface area contributed by atoms with E-state index in [-0.39, 0.29) is 5.91 Å². The van der Waals surface area contributed by atoms with Crippen molar-refractivity contribution in [3.8, 4) is 11.3 Å². The van der Waals surface area contributed by atoms with Crippen molar-refractivity contribution in [1.82, 2.24) is 4.98 Å². The monoisotopic (exact) mass is 239 g/mol. The highest BCUT2D eigenvalue weighted by molar-refractivity contribution is 7.15. The summed E-state index contributed by atoms with van der Waals surface area (Å²) in [6.45, 7) is 1.49. The Hall–Kier alpha value is -1.40. The van der Waals surface area contributed by atoms with Crippen LogP contribution in [-0.4, -0.2) is 10.9 Å². The normalized spacial score (nSPS) is 10.2. The van der Waals surface area contributed by atoms with Crippen LogP contribution in [-0.2, 0) is 4.79 Å². The Bertz CT molecular complexity index is 489. The lowest BCUT2D eigenvalue weighted by atomic mass is 10.3. The minimum absolute atomic E-state index is 0.0683. The maximum absolute atomic E-state index is 10.8. The fourth-order valence-corrected chi connectivity index (χ4v) is 2.54. The Morgan fingerprint density at radius 2 is 2.27 bits per heavy atom. The van der Waals surface area contributed by atoms with E-state index in [4.69, 9.17) is 5.73 Å². The zero-order valence-electron chi connectivity index (χ0n) is 7.98. The average molecular weight is 239 g/mol. The first-order valence-corrected chi connectivity index (χ1v) is 5.98. The van der Waals surface area contributed by atoms with Crippen LogP contribution in [0.15, 0.2) is 16.8 Å². The number of rotatable bonds is 2. The molecule has 0 radical (unpaired) electrons. The van der Waals surface area contributed by atoms with Crippen LogP contribution >= 0.6 is 22.7 Å². The van der Waals surface area contributed by atoms with Crippen LogP contribution in [0, 0.1) is 0 Å². The van der Waals surface area contributed by atoms with Crippen LogP contribution < -0.4 is 11.1 Å². The largest absolute Gasteiger partial charge is 0.375 e. The molecule has 1 amide bonds. The van der Waals surface area contributed by atoms with Gasteiger partial charge in [0.2, 0.25) is 5.91 Å². The number of hydrogen-bond donors (Lipinski definition) is 2. The highest BCUT2D eigenvalue weighted by atomic mass is 32.1. The SMILES string of the molecule is CC(=O)Nc1cc(-c2csc(N)n2)cs1. The number of thiazole rings is 1. The Balaban J connectivity index is 2.23. The van der Waals surface area contributed by atoms with Crippen LogP contribution in [0.1, 0.15) is 6.92 Å². The standard InChI is InChI=1S/C9H9N3OS2/c1-5(13)11-8-2-6(3-14-8)7-4-15-9(10)12-7/h2-4H,1H3,(H2,10,12)(H,11,13). The molecular weight excluding hydrogens is 230 g/mol. The Morgan fingerprint density at radius 3 is 2.87 bits per heavy atom. The van der Waals surface area contributed by atoms with E-state index in [0.717, 1.165) is 16.3 Å². The van der Waals surface area contributed by atoms with Crippen molar-refractivity contribution in [3.63, 3.8) is 0 Å². The van der Waals surface area contributed by atoms with Crippen molar-refractivity contribution in [2.24, 2.45) is 0 Å². The molecule has 15 heavy (non-hydrogen) atoms. The van der Waals surface area contributed by atoms with E-state index in [2.05, 4.69) is 10.3 Å². The first-order chi connectivity index (χ1) is 7.15. The second-order valence-corrected chi connectivity index (χ2v) is 4.75. The van der Waals surface area contributed by atoms with Gasteiger partial charge < -0.3 is 11.1 Å². The fraction of sp³-hybridized carbons (Fsp3) is 0.111. The minimum Gasteiger partial charge on any atom is -0.375 e. The molecule has 2 aromatic rings. The van der Waals surface area contributed by atoms with Gasteiger partial charge in [-0.1, -0.05) is 0 Å². The molecule has 0 saturated heterocycles. The molecule has 78 valence electrons. The average Bonchev–Trinajstić information content (AvgIpc) is 2.72. The van der Waals surface area contributed by atoms with Gasteiger partial charge >= 0.3 is 0 Å². The van der Waals surface area contributed by atoms with E-state index in [1.54, 1.807) is 0 Å². The van der Waals surface area contributed by atoms with Crippen LogP contribution in [0.4, 0.5) is 10.1 Å². The van der Waals surface area contributed by atoms with Crippen LogP contribution in [0.3, 0.4) is 0 Å².